The highest BCUT2D eigenvalue weighted by molar-refractivity contribution is 7.20. The molecule has 1 aliphatic heterocycles. The van der Waals surface area contributed by atoms with E-state index in [0.29, 0.717) is 24.0 Å². The van der Waals surface area contributed by atoms with E-state index in [0.717, 1.165) is 36.0 Å². The molecule has 3 heterocycles. The molecule has 0 unspecified atom stereocenters. The number of anilines is 1. The number of hydrogen-bond acceptors (Lipinski definition) is 7. The van der Waals surface area contributed by atoms with E-state index in [4.69, 9.17) is 4.74 Å². The Morgan fingerprint density at radius 3 is 2.87 bits per heavy atom. The number of hydrogen-bond donors (Lipinski definition) is 1. The van der Waals surface area contributed by atoms with Gasteiger partial charge in [0, 0.05) is 25.7 Å². The molecule has 1 fully saturated rings. The number of aromatic nitrogens is 3. The maximum Gasteiger partial charge on any atom is 0.274 e. The van der Waals surface area contributed by atoms with E-state index < -0.39 is 5.56 Å². The first-order chi connectivity index (χ1) is 14.5. The van der Waals surface area contributed by atoms with Crippen LogP contribution in [0.1, 0.15) is 42.7 Å². The summed E-state index contributed by atoms with van der Waals surface area (Å²) in [5.41, 5.74) is 0.692. The third-order valence-electron chi connectivity index (χ3n) is 5.09. The molecule has 1 aromatic carbocycles. The fourth-order valence-electron chi connectivity index (χ4n) is 3.60. The average Bonchev–Trinajstić information content (AvgIpc) is 3.16. The Kier molecular flexibility index (Phi) is 5.98. The molecule has 2 aromatic heterocycles. The molecule has 1 atom stereocenters. The number of rotatable bonds is 6. The van der Waals surface area contributed by atoms with Crippen LogP contribution in [0.25, 0.3) is 4.96 Å². The molecule has 1 amide bonds. The lowest BCUT2D eigenvalue weighted by atomic mass is 10.0. The van der Waals surface area contributed by atoms with Gasteiger partial charge in [-0.25, -0.2) is 0 Å². The highest BCUT2D eigenvalue weighted by Crippen LogP contribution is 2.27. The summed E-state index contributed by atoms with van der Waals surface area (Å²) < 4.78 is 6.91. The summed E-state index contributed by atoms with van der Waals surface area (Å²) in [7, 11) is 0. The third kappa shape index (κ3) is 4.46. The van der Waals surface area contributed by atoms with Crippen LogP contribution in [-0.4, -0.2) is 40.2 Å². The highest BCUT2D eigenvalue weighted by Gasteiger charge is 2.22. The molecule has 158 valence electrons. The SMILES string of the molecule is CCOc1ccc(CNC(=O)c2cc(=O)nc3sc(N4CCC[C@H](C)C4)nn23)cc1. The van der Waals surface area contributed by atoms with E-state index in [1.165, 1.54) is 28.3 Å². The topological polar surface area (TPSA) is 88.8 Å². The van der Waals surface area contributed by atoms with Crippen LogP contribution >= 0.6 is 11.3 Å². The van der Waals surface area contributed by atoms with Gasteiger partial charge in [0.05, 0.1) is 6.61 Å². The number of ether oxygens (including phenoxy) is 1. The Bertz CT molecular complexity index is 1090. The van der Waals surface area contributed by atoms with Gasteiger partial charge in [0.1, 0.15) is 11.4 Å². The highest BCUT2D eigenvalue weighted by atomic mass is 32.1. The maximum absolute atomic E-state index is 12.8. The van der Waals surface area contributed by atoms with Crippen LogP contribution in [0.2, 0.25) is 0 Å². The quantitative estimate of drug-likeness (QED) is 0.651. The van der Waals surface area contributed by atoms with Crippen molar-refractivity contribution in [3.05, 3.63) is 51.9 Å². The molecule has 0 radical (unpaired) electrons. The van der Waals surface area contributed by atoms with Crippen molar-refractivity contribution >= 4 is 27.3 Å². The molecule has 0 saturated carbocycles. The number of piperidine rings is 1. The largest absolute Gasteiger partial charge is 0.494 e. The summed E-state index contributed by atoms with van der Waals surface area (Å²) in [6.45, 7) is 6.94. The molecule has 1 saturated heterocycles. The molecule has 3 aromatic rings. The van der Waals surface area contributed by atoms with Crippen molar-refractivity contribution in [2.45, 2.75) is 33.2 Å². The molecule has 30 heavy (non-hydrogen) atoms. The normalized spacial score (nSPS) is 16.6. The lowest BCUT2D eigenvalue weighted by Gasteiger charge is -2.30. The summed E-state index contributed by atoms with van der Waals surface area (Å²) in [5, 5.41) is 8.26. The van der Waals surface area contributed by atoms with E-state index in [-0.39, 0.29) is 11.6 Å². The molecule has 0 bridgehead atoms. The van der Waals surface area contributed by atoms with Gasteiger partial charge < -0.3 is 15.0 Å². The Hall–Kier alpha value is -2.94. The number of fused-ring (bicyclic) bond motifs is 1. The monoisotopic (exact) mass is 427 g/mol. The zero-order chi connectivity index (χ0) is 21.1. The van der Waals surface area contributed by atoms with Crippen molar-refractivity contribution < 1.29 is 9.53 Å². The van der Waals surface area contributed by atoms with Crippen LogP contribution in [0.15, 0.2) is 35.1 Å². The second-order valence-electron chi connectivity index (χ2n) is 7.51. The predicted molar refractivity (Wildman–Crippen MR) is 117 cm³/mol. The summed E-state index contributed by atoms with van der Waals surface area (Å²) in [4.78, 5) is 31.6. The molecule has 9 heteroatoms. The predicted octanol–water partition coefficient (Wildman–Crippen LogP) is 2.72. The van der Waals surface area contributed by atoms with E-state index in [1.54, 1.807) is 0 Å². The average molecular weight is 428 g/mol. The van der Waals surface area contributed by atoms with Crippen molar-refractivity contribution in [3.63, 3.8) is 0 Å². The number of amides is 1. The van der Waals surface area contributed by atoms with E-state index >= 15 is 0 Å². The van der Waals surface area contributed by atoms with Crippen molar-refractivity contribution in [2.24, 2.45) is 5.92 Å². The number of nitrogens with one attached hydrogen (secondary N) is 1. The molecule has 0 aliphatic carbocycles. The van der Waals surface area contributed by atoms with Gasteiger partial charge in [-0.1, -0.05) is 30.4 Å². The second-order valence-corrected chi connectivity index (χ2v) is 8.45. The smallest absolute Gasteiger partial charge is 0.274 e. The van der Waals surface area contributed by atoms with Crippen molar-refractivity contribution in [1.29, 1.82) is 0 Å². The lowest BCUT2D eigenvalue weighted by molar-refractivity contribution is 0.0943. The summed E-state index contributed by atoms with van der Waals surface area (Å²) in [5.74, 6) is 1.02. The molecule has 1 N–H and O–H groups in total. The van der Waals surface area contributed by atoms with Gasteiger partial charge in [-0.2, -0.15) is 9.50 Å². The molecular weight excluding hydrogens is 402 g/mol. The van der Waals surface area contributed by atoms with Gasteiger partial charge in [-0.15, -0.1) is 5.10 Å². The van der Waals surface area contributed by atoms with Crippen molar-refractivity contribution in [3.8, 4) is 5.75 Å². The molecule has 1 aliphatic rings. The number of carbonyl (C=O) groups excluding carboxylic acids is 1. The van der Waals surface area contributed by atoms with Crippen molar-refractivity contribution in [1.82, 2.24) is 19.9 Å². The summed E-state index contributed by atoms with van der Waals surface area (Å²) >= 11 is 1.35. The van der Waals surface area contributed by atoms with E-state index in [9.17, 15) is 9.59 Å². The van der Waals surface area contributed by atoms with Gasteiger partial charge in [0.2, 0.25) is 10.1 Å². The summed E-state index contributed by atoms with van der Waals surface area (Å²) in [6.07, 6.45) is 2.31. The molecular formula is C21H25N5O3S. The zero-order valence-corrected chi connectivity index (χ0v) is 17.9. The Balaban J connectivity index is 1.53. The van der Waals surface area contributed by atoms with E-state index in [1.807, 2.05) is 31.2 Å². The van der Waals surface area contributed by atoms with Gasteiger partial charge in [0.25, 0.3) is 11.5 Å². The minimum Gasteiger partial charge on any atom is -0.494 e. The Labute approximate surface area is 178 Å². The standard InChI is InChI=1S/C21H25N5O3S/c1-3-29-16-8-6-15(7-9-16)12-22-19(28)17-11-18(27)23-20-26(17)24-21(30-20)25-10-4-5-14(2)13-25/h6-9,11,14H,3-5,10,12-13H2,1-2H3,(H,22,28)/t14-/m0/s1. The lowest BCUT2D eigenvalue weighted by Crippen LogP contribution is -2.34. The van der Waals surface area contributed by atoms with Crippen LogP contribution in [0.4, 0.5) is 5.13 Å². The van der Waals surface area contributed by atoms with Crippen LogP contribution in [0.5, 0.6) is 5.75 Å². The fraction of sp³-hybridized carbons (Fsp3) is 0.429. The van der Waals surface area contributed by atoms with Gasteiger partial charge in [-0.3, -0.25) is 9.59 Å². The van der Waals surface area contributed by atoms with E-state index in [2.05, 4.69) is 27.2 Å². The first kappa shape index (κ1) is 20.3. The minimum absolute atomic E-state index is 0.198. The zero-order valence-electron chi connectivity index (χ0n) is 17.1. The van der Waals surface area contributed by atoms with Gasteiger partial charge in [0.15, 0.2) is 0 Å². The summed E-state index contributed by atoms with van der Waals surface area (Å²) in [6, 6.07) is 8.78. The molecule has 0 spiro atoms. The molecule has 8 nitrogen and oxygen atoms in total. The maximum atomic E-state index is 12.8. The van der Waals surface area contributed by atoms with Crippen LogP contribution in [0, 0.1) is 5.92 Å². The Morgan fingerprint density at radius 2 is 2.13 bits per heavy atom. The van der Waals surface area contributed by atoms with Gasteiger partial charge in [-0.05, 0) is 43.4 Å². The number of carbonyl (C=O) groups is 1. The first-order valence-electron chi connectivity index (χ1n) is 10.2. The number of benzene rings is 1. The second kappa shape index (κ2) is 8.83. The fourth-order valence-corrected chi connectivity index (χ4v) is 4.54. The Morgan fingerprint density at radius 1 is 1.33 bits per heavy atom. The van der Waals surface area contributed by atoms with Crippen LogP contribution < -0.4 is 20.5 Å². The minimum atomic E-state index is -0.441. The van der Waals surface area contributed by atoms with Crippen molar-refractivity contribution in [2.75, 3.05) is 24.6 Å². The third-order valence-corrected chi connectivity index (χ3v) is 6.06. The number of nitrogens with zero attached hydrogens (tertiary/aromatic N) is 4. The van der Waals surface area contributed by atoms with Gasteiger partial charge >= 0.3 is 0 Å². The van der Waals surface area contributed by atoms with Crippen LogP contribution in [-0.2, 0) is 6.54 Å². The molecule has 4 rings (SSSR count). The van der Waals surface area contributed by atoms with Crippen LogP contribution in [0.3, 0.4) is 0 Å². The first-order valence-corrected chi connectivity index (χ1v) is 11.0.